The second-order valence-electron chi connectivity index (χ2n) is 3.97. The predicted molar refractivity (Wildman–Crippen MR) is 69.6 cm³/mol. The van der Waals surface area contributed by atoms with Crippen molar-refractivity contribution in [3.8, 4) is 0 Å². The summed E-state index contributed by atoms with van der Waals surface area (Å²) in [6.45, 7) is 6.09. The third-order valence-electron chi connectivity index (χ3n) is 2.95. The summed E-state index contributed by atoms with van der Waals surface area (Å²) in [7, 11) is 3.96. The normalized spacial score (nSPS) is 10.3. The van der Waals surface area contributed by atoms with E-state index in [2.05, 4.69) is 16.5 Å². The lowest BCUT2D eigenvalue weighted by Gasteiger charge is -2.21. The van der Waals surface area contributed by atoms with E-state index in [0.717, 1.165) is 22.9 Å². The zero-order valence-corrected chi connectivity index (χ0v) is 10.4. The quantitative estimate of drug-likeness (QED) is 0.808. The highest BCUT2D eigenvalue weighted by atomic mass is 15.2. The first-order valence-electron chi connectivity index (χ1n) is 5.42. The number of pyridine rings is 1. The van der Waals surface area contributed by atoms with Crippen molar-refractivity contribution >= 4 is 11.4 Å². The molecule has 4 heteroatoms. The van der Waals surface area contributed by atoms with Crippen LogP contribution in [0.5, 0.6) is 0 Å². The summed E-state index contributed by atoms with van der Waals surface area (Å²) in [5.74, 6) is 0.973. The van der Waals surface area contributed by atoms with Gasteiger partial charge in [0.25, 0.3) is 0 Å². The van der Waals surface area contributed by atoms with Crippen molar-refractivity contribution in [2.75, 3.05) is 11.9 Å². The number of hydrogen-bond donors (Lipinski definition) is 0. The first kappa shape index (κ1) is 11.4. The van der Waals surface area contributed by atoms with Gasteiger partial charge in [0.05, 0.1) is 29.5 Å². The van der Waals surface area contributed by atoms with Gasteiger partial charge in [-0.3, -0.25) is 4.98 Å². The molecule has 0 N–H and O–H groups in total. The van der Waals surface area contributed by atoms with E-state index in [1.165, 1.54) is 0 Å². The van der Waals surface area contributed by atoms with Crippen LogP contribution in [0.4, 0.5) is 5.69 Å². The molecule has 2 aromatic rings. The lowest BCUT2D eigenvalue weighted by Crippen LogP contribution is -2.16. The van der Waals surface area contributed by atoms with Gasteiger partial charge in [-0.1, -0.05) is 6.58 Å². The summed E-state index contributed by atoms with van der Waals surface area (Å²) in [4.78, 5) is 10.4. The molecule has 0 bridgehead atoms. The second kappa shape index (κ2) is 4.41. The number of aryl methyl sites for hydroxylation is 1. The molecule has 2 rings (SSSR count). The third-order valence-corrected chi connectivity index (χ3v) is 2.95. The molecule has 17 heavy (non-hydrogen) atoms. The second-order valence-corrected chi connectivity index (χ2v) is 3.97. The van der Waals surface area contributed by atoms with E-state index in [9.17, 15) is 0 Å². The Morgan fingerprint density at radius 2 is 2.18 bits per heavy atom. The van der Waals surface area contributed by atoms with Crippen LogP contribution in [0, 0.1) is 6.92 Å². The topological polar surface area (TPSA) is 34.0 Å². The van der Waals surface area contributed by atoms with Gasteiger partial charge in [0.2, 0.25) is 0 Å². The maximum atomic E-state index is 4.27. The zero-order chi connectivity index (χ0) is 12.4. The molecule has 0 aromatic carbocycles. The van der Waals surface area contributed by atoms with Crippen LogP contribution in [0.2, 0.25) is 0 Å². The van der Waals surface area contributed by atoms with Gasteiger partial charge >= 0.3 is 0 Å². The number of aromatic nitrogens is 3. The lowest BCUT2D eigenvalue weighted by molar-refractivity contribution is 0.841. The smallest absolute Gasteiger partial charge is 0.105 e. The molecular formula is C13H16N4. The summed E-state index contributed by atoms with van der Waals surface area (Å²) < 4.78 is 2.02. The Bertz CT molecular complexity index is 528. The summed E-state index contributed by atoms with van der Waals surface area (Å²) in [6, 6.07) is 3.91. The summed E-state index contributed by atoms with van der Waals surface area (Å²) in [5.41, 5.74) is 2.92. The molecule has 0 unspecified atom stereocenters. The molecule has 0 spiro atoms. The van der Waals surface area contributed by atoms with Gasteiger partial charge in [0.1, 0.15) is 5.82 Å². The summed E-state index contributed by atoms with van der Waals surface area (Å²) in [5, 5.41) is 0. The molecule has 0 fully saturated rings. The lowest BCUT2D eigenvalue weighted by atomic mass is 10.3. The van der Waals surface area contributed by atoms with Crippen molar-refractivity contribution < 1.29 is 0 Å². The number of hydrogen-bond acceptors (Lipinski definition) is 3. The van der Waals surface area contributed by atoms with E-state index in [1.54, 1.807) is 6.20 Å². The molecule has 0 amide bonds. The zero-order valence-electron chi connectivity index (χ0n) is 10.4. The van der Waals surface area contributed by atoms with Crippen LogP contribution in [0.1, 0.15) is 11.5 Å². The van der Waals surface area contributed by atoms with Crippen molar-refractivity contribution in [3.05, 3.63) is 48.8 Å². The molecule has 0 radical (unpaired) electrons. The van der Waals surface area contributed by atoms with E-state index >= 15 is 0 Å². The summed E-state index contributed by atoms with van der Waals surface area (Å²) in [6.07, 6.45) is 5.41. The van der Waals surface area contributed by atoms with Gasteiger partial charge in [0, 0.05) is 20.3 Å². The van der Waals surface area contributed by atoms with Crippen LogP contribution in [-0.4, -0.2) is 21.6 Å². The highest BCUT2D eigenvalue weighted by Crippen LogP contribution is 2.22. The standard InChI is InChI=1S/C13H16N4/c1-10(13-9-15-11(2)17(13)4)16(3)12-6-5-7-14-8-12/h5-9H,1H2,2-4H3. The van der Waals surface area contributed by atoms with Crippen molar-refractivity contribution in [2.45, 2.75) is 6.92 Å². The monoisotopic (exact) mass is 228 g/mol. The van der Waals surface area contributed by atoms with Crippen molar-refractivity contribution in [1.82, 2.24) is 14.5 Å². The molecule has 88 valence electrons. The first-order chi connectivity index (χ1) is 8.11. The molecular weight excluding hydrogens is 212 g/mol. The fraction of sp³-hybridized carbons (Fsp3) is 0.231. The number of imidazole rings is 1. The van der Waals surface area contributed by atoms with Gasteiger partial charge in [-0.15, -0.1) is 0 Å². The Labute approximate surface area is 101 Å². The molecule has 0 aliphatic carbocycles. The van der Waals surface area contributed by atoms with Gasteiger partial charge < -0.3 is 9.47 Å². The fourth-order valence-corrected chi connectivity index (χ4v) is 1.65. The van der Waals surface area contributed by atoms with Gasteiger partial charge in [-0.05, 0) is 19.1 Å². The Balaban J connectivity index is 2.30. The fourth-order valence-electron chi connectivity index (χ4n) is 1.65. The van der Waals surface area contributed by atoms with E-state index < -0.39 is 0 Å². The highest BCUT2D eigenvalue weighted by Gasteiger charge is 2.11. The van der Waals surface area contributed by atoms with Crippen LogP contribution in [-0.2, 0) is 7.05 Å². The average molecular weight is 228 g/mol. The Morgan fingerprint density at radius 1 is 1.41 bits per heavy atom. The van der Waals surface area contributed by atoms with Crippen LogP contribution in [0.3, 0.4) is 0 Å². The molecule has 0 atom stereocenters. The number of nitrogens with zero attached hydrogens (tertiary/aromatic N) is 4. The molecule has 4 nitrogen and oxygen atoms in total. The minimum atomic E-state index is 0.904. The number of rotatable bonds is 3. The molecule has 0 saturated carbocycles. The van der Waals surface area contributed by atoms with Crippen molar-refractivity contribution in [2.24, 2.45) is 7.05 Å². The van der Waals surface area contributed by atoms with Crippen LogP contribution >= 0.6 is 0 Å². The van der Waals surface area contributed by atoms with Gasteiger partial charge in [0.15, 0.2) is 0 Å². The first-order valence-corrected chi connectivity index (χ1v) is 5.42. The Hall–Kier alpha value is -2.10. The molecule has 0 saturated heterocycles. The maximum Gasteiger partial charge on any atom is 0.105 e. The van der Waals surface area contributed by atoms with Gasteiger partial charge in [-0.25, -0.2) is 4.98 Å². The number of anilines is 1. The predicted octanol–water partition coefficient (Wildman–Crippen LogP) is 2.23. The van der Waals surface area contributed by atoms with E-state index in [1.807, 2.05) is 55.0 Å². The SMILES string of the molecule is C=C(c1cnc(C)n1C)N(C)c1cccnc1. The van der Waals surface area contributed by atoms with E-state index in [4.69, 9.17) is 0 Å². The van der Waals surface area contributed by atoms with Gasteiger partial charge in [-0.2, -0.15) is 0 Å². The molecule has 0 aliphatic heterocycles. The average Bonchev–Trinajstić information content (AvgIpc) is 2.69. The van der Waals surface area contributed by atoms with Crippen LogP contribution in [0.15, 0.2) is 37.3 Å². The van der Waals surface area contributed by atoms with Crippen molar-refractivity contribution in [3.63, 3.8) is 0 Å². The Kier molecular flexibility index (Phi) is 2.95. The Morgan fingerprint density at radius 3 is 2.71 bits per heavy atom. The third kappa shape index (κ3) is 2.06. The maximum absolute atomic E-state index is 4.27. The summed E-state index contributed by atoms with van der Waals surface area (Å²) >= 11 is 0. The molecule has 0 aliphatic rings. The molecule has 2 aromatic heterocycles. The minimum absolute atomic E-state index is 0.904. The van der Waals surface area contributed by atoms with E-state index in [0.29, 0.717) is 0 Å². The van der Waals surface area contributed by atoms with E-state index in [-0.39, 0.29) is 0 Å². The largest absolute Gasteiger partial charge is 0.342 e. The van der Waals surface area contributed by atoms with Crippen LogP contribution < -0.4 is 4.90 Å². The van der Waals surface area contributed by atoms with Crippen molar-refractivity contribution in [1.29, 1.82) is 0 Å². The van der Waals surface area contributed by atoms with Crippen LogP contribution in [0.25, 0.3) is 5.70 Å². The molecule has 2 heterocycles. The highest BCUT2D eigenvalue weighted by molar-refractivity contribution is 5.75. The minimum Gasteiger partial charge on any atom is -0.342 e.